The van der Waals surface area contributed by atoms with Gasteiger partial charge in [-0.05, 0) is 22.8 Å². The molecule has 0 saturated heterocycles. The second-order valence-corrected chi connectivity index (χ2v) is 6.60. The van der Waals surface area contributed by atoms with Crippen LogP contribution in [0.3, 0.4) is 0 Å². The minimum absolute atomic E-state index is 0.806. The van der Waals surface area contributed by atoms with Crippen molar-refractivity contribution in [2.45, 2.75) is 25.5 Å². The van der Waals surface area contributed by atoms with E-state index in [1.165, 1.54) is 18.4 Å². The highest BCUT2D eigenvalue weighted by molar-refractivity contribution is 8.02. The van der Waals surface area contributed by atoms with E-state index in [1.807, 2.05) is 23.1 Å². The molecule has 1 aliphatic carbocycles. The molecule has 1 aromatic carbocycles. The zero-order chi connectivity index (χ0) is 12.1. The monoisotopic (exact) mass is 263 g/mol. The van der Waals surface area contributed by atoms with Gasteiger partial charge in [0.2, 0.25) is 4.86 Å². The SMILES string of the molecule is C[S+]=C1C=C(SCc2ccccc2)CC(C)C1. The van der Waals surface area contributed by atoms with E-state index < -0.39 is 0 Å². The van der Waals surface area contributed by atoms with E-state index in [-0.39, 0.29) is 0 Å². The van der Waals surface area contributed by atoms with Crippen LogP contribution in [0, 0.1) is 5.92 Å². The van der Waals surface area contributed by atoms with Crippen LogP contribution in [-0.2, 0) is 17.1 Å². The third-order valence-electron chi connectivity index (χ3n) is 2.95. The molecule has 90 valence electrons. The average molecular weight is 263 g/mol. The van der Waals surface area contributed by atoms with Crippen molar-refractivity contribution in [1.29, 1.82) is 0 Å². The summed E-state index contributed by atoms with van der Waals surface area (Å²) in [6.45, 7) is 2.35. The van der Waals surface area contributed by atoms with Crippen LogP contribution in [0.5, 0.6) is 0 Å². The van der Waals surface area contributed by atoms with E-state index in [0.29, 0.717) is 0 Å². The summed E-state index contributed by atoms with van der Waals surface area (Å²) >= 11 is 3.90. The molecule has 0 fully saturated rings. The summed E-state index contributed by atoms with van der Waals surface area (Å²) in [7, 11) is 0. The average Bonchev–Trinajstić information content (AvgIpc) is 2.37. The Morgan fingerprint density at radius 3 is 2.71 bits per heavy atom. The van der Waals surface area contributed by atoms with E-state index in [9.17, 15) is 0 Å². The molecule has 1 aliphatic rings. The van der Waals surface area contributed by atoms with Gasteiger partial charge < -0.3 is 0 Å². The van der Waals surface area contributed by atoms with E-state index >= 15 is 0 Å². The van der Waals surface area contributed by atoms with Gasteiger partial charge in [0.15, 0.2) is 17.6 Å². The number of thioether (sulfide) groups is 1. The Kier molecular flexibility index (Phi) is 4.81. The van der Waals surface area contributed by atoms with Crippen molar-refractivity contribution in [3.8, 4) is 0 Å². The molecular weight excluding hydrogens is 244 g/mol. The van der Waals surface area contributed by atoms with Crippen molar-refractivity contribution >= 4 is 28.0 Å². The van der Waals surface area contributed by atoms with Gasteiger partial charge in [-0.3, -0.25) is 0 Å². The molecule has 0 aromatic heterocycles. The number of hydrogen-bond donors (Lipinski definition) is 0. The lowest BCUT2D eigenvalue weighted by molar-refractivity contribution is 0.611. The summed E-state index contributed by atoms with van der Waals surface area (Å²) in [4.78, 5) is 3.09. The van der Waals surface area contributed by atoms with Gasteiger partial charge in [0.25, 0.3) is 0 Å². The third-order valence-corrected chi connectivity index (χ3v) is 4.89. The molecule has 0 heterocycles. The molecule has 17 heavy (non-hydrogen) atoms. The van der Waals surface area contributed by atoms with Gasteiger partial charge in [-0.25, -0.2) is 0 Å². The van der Waals surface area contributed by atoms with Crippen molar-refractivity contribution in [3.63, 3.8) is 0 Å². The molecule has 0 radical (unpaired) electrons. The first kappa shape index (κ1) is 12.8. The zero-order valence-corrected chi connectivity index (χ0v) is 12.1. The Balaban J connectivity index is 1.97. The first-order chi connectivity index (χ1) is 8.28. The summed E-state index contributed by atoms with van der Waals surface area (Å²) in [5.41, 5.74) is 1.42. The lowest BCUT2D eigenvalue weighted by Gasteiger charge is -2.16. The fourth-order valence-electron chi connectivity index (χ4n) is 2.05. The van der Waals surface area contributed by atoms with Crippen LogP contribution in [0.25, 0.3) is 0 Å². The van der Waals surface area contributed by atoms with E-state index in [2.05, 4.69) is 49.6 Å². The predicted octanol–water partition coefficient (Wildman–Crippen LogP) is 4.12. The number of benzene rings is 1. The van der Waals surface area contributed by atoms with Gasteiger partial charge >= 0.3 is 0 Å². The molecule has 0 amide bonds. The van der Waals surface area contributed by atoms with E-state index in [0.717, 1.165) is 11.7 Å². The van der Waals surface area contributed by atoms with Gasteiger partial charge in [-0.15, -0.1) is 11.8 Å². The van der Waals surface area contributed by atoms with E-state index in [4.69, 9.17) is 0 Å². The lowest BCUT2D eigenvalue weighted by Crippen LogP contribution is -2.11. The lowest BCUT2D eigenvalue weighted by atomic mass is 9.96. The van der Waals surface area contributed by atoms with Crippen LogP contribution >= 0.6 is 11.8 Å². The molecule has 0 nitrogen and oxygen atoms in total. The Labute approximate surface area is 112 Å². The molecule has 0 N–H and O–H groups in total. The van der Waals surface area contributed by atoms with Gasteiger partial charge in [0, 0.05) is 18.2 Å². The predicted molar refractivity (Wildman–Crippen MR) is 82.5 cm³/mol. The summed E-state index contributed by atoms with van der Waals surface area (Å²) in [6, 6.07) is 10.7. The van der Waals surface area contributed by atoms with Crippen molar-refractivity contribution in [2.24, 2.45) is 5.92 Å². The minimum atomic E-state index is 0.806. The molecule has 0 aliphatic heterocycles. The molecule has 1 aromatic rings. The van der Waals surface area contributed by atoms with Gasteiger partial charge in [-0.1, -0.05) is 37.3 Å². The summed E-state index contributed by atoms with van der Waals surface area (Å²) in [6.07, 6.45) is 7.10. The molecule has 0 saturated carbocycles. The van der Waals surface area contributed by atoms with E-state index in [1.54, 1.807) is 9.77 Å². The number of allylic oxidation sites excluding steroid dienone is 2. The minimum Gasteiger partial charge on any atom is -0.126 e. The highest BCUT2D eigenvalue weighted by Crippen LogP contribution is 2.32. The molecule has 1 unspecified atom stereocenters. The fraction of sp³-hybridized carbons (Fsp3) is 0.400. The highest BCUT2D eigenvalue weighted by atomic mass is 32.2. The Morgan fingerprint density at radius 1 is 1.24 bits per heavy atom. The maximum Gasteiger partial charge on any atom is 0.202 e. The van der Waals surface area contributed by atoms with Crippen LogP contribution in [0.4, 0.5) is 0 Å². The fourth-order valence-corrected chi connectivity index (χ4v) is 4.01. The normalized spacial score (nSPS) is 22.6. The maximum absolute atomic E-state index is 2.40. The Hall–Kier alpha value is -0.600. The summed E-state index contributed by atoms with van der Waals surface area (Å²) in [5, 5.41) is 0. The molecule has 1 atom stereocenters. The number of hydrogen-bond acceptors (Lipinski definition) is 1. The first-order valence-corrected chi connectivity index (χ1v) is 8.26. The first-order valence-electron chi connectivity index (χ1n) is 6.05. The smallest absolute Gasteiger partial charge is 0.126 e. The van der Waals surface area contributed by atoms with Gasteiger partial charge in [-0.2, -0.15) is 0 Å². The quantitative estimate of drug-likeness (QED) is 0.584. The van der Waals surface area contributed by atoms with Crippen LogP contribution in [-0.4, -0.2) is 11.1 Å². The Bertz CT molecular complexity index is 418. The summed E-state index contributed by atoms with van der Waals surface area (Å²) in [5.74, 6) is 1.90. The van der Waals surface area contributed by atoms with Crippen LogP contribution in [0.1, 0.15) is 25.3 Å². The second kappa shape index (κ2) is 6.36. The molecular formula is C15H19S2+. The highest BCUT2D eigenvalue weighted by Gasteiger charge is 2.20. The Morgan fingerprint density at radius 2 is 2.00 bits per heavy atom. The molecule has 2 rings (SSSR count). The largest absolute Gasteiger partial charge is 0.202 e. The summed E-state index contributed by atoms with van der Waals surface area (Å²) < 4.78 is 0. The standard InChI is InChI=1S/C15H19S2/c1-12-8-14(16-2)10-15(9-12)17-11-13-6-4-3-5-7-13/h3-7,10,12H,8-9,11H2,1-2H3/q+1. The molecule has 2 heteroatoms. The van der Waals surface area contributed by atoms with Crippen molar-refractivity contribution in [1.82, 2.24) is 0 Å². The maximum atomic E-state index is 2.40. The molecule has 0 bridgehead atoms. The van der Waals surface area contributed by atoms with Crippen LogP contribution < -0.4 is 0 Å². The van der Waals surface area contributed by atoms with Crippen molar-refractivity contribution in [3.05, 3.63) is 46.9 Å². The van der Waals surface area contributed by atoms with Crippen LogP contribution in [0.15, 0.2) is 41.3 Å². The second-order valence-electron chi connectivity index (χ2n) is 4.57. The molecule has 0 spiro atoms. The van der Waals surface area contributed by atoms with Crippen molar-refractivity contribution < 1.29 is 0 Å². The van der Waals surface area contributed by atoms with Crippen molar-refractivity contribution in [2.75, 3.05) is 6.26 Å². The third kappa shape index (κ3) is 3.97. The number of rotatable bonds is 3. The van der Waals surface area contributed by atoms with Crippen LogP contribution in [0.2, 0.25) is 0 Å². The topological polar surface area (TPSA) is 0 Å². The zero-order valence-electron chi connectivity index (χ0n) is 10.5. The van der Waals surface area contributed by atoms with Gasteiger partial charge in [0.1, 0.15) is 0 Å². The van der Waals surface area contributed by atoms with Gasteiger partial charge in [0.05, 0.1) is 0 Å².